The average Bonchev–Trinajstić information content (AvgIpc) is 2.80. The van der Waals surface area contributed by atoms with Gasteiger partial charge in [0.15, 0.2) is 0 Å². The van der Waals surface area contributed by atoms with Crippen LogP contribution in [0.5, 0.6) is 0 Å². The highest BCUT2D eigenvalue weighted by Gasteiger charge is 2.10. The molecule has 3 rings (SSSR count). The summed E-state index contributed by atoms with van der Waals surface area (Å²) in [5.41, 5.74) is 0.940. The molecule has 1 N–H and O–H groups in total. The van der Waals surface area contributed by atoms with E-state index in [1.165, 1.54) is 0 Å². The Hall–Kier alpha value is -1.39. The highest BCUT2D eigenvalue weighted by molar-refractivity contribution is 5.76. The number of aromatic nitrogens is 1. The molecule has 1 saturated heterocycles. The Morgan fingerprint density at radius 3 is 3.06 bits per heavy atom. The normalized spacial score (nSPS) is 17.6. The lowest BCUT2D eigenvalue weighted by molar-refractivity contribution is 0.239. The molecule has 0 aliphatic carbocycles. The maximum Gasteiger partial charge on any atom is 0.137 e. The summed E-state index contributed by atoms with van der Waals surface area (Å²) < 4.78 is 5.78. The zero-order valence-corrected chi connectivity index (χ0v) is 9.85. The van der Waals surface area contributed by atoms with Gasteiger partial charge in [0.1, 0.15) is 11.3 Å². The van der Waals surface area contributed by atoms with Crippen molar-refractivity contribution in [1.29, 1.82) is 0 Å². The van der Waals surface area contributed by atoms with E-state index in [-0.39, 0.29) is 0 Å². The molecule has 0 unspecified atom stereocenters. The van der Waals surface area contributed by atoms with Crippen molar-refractivity contribution >= 4 is 11.0 Å². The predicted octanol–water partition coefficient (Wildman–Crippen LogP) is 1.28. The molecule has 0 radical (unpaired) electrons. The molecule has 2 aromatic heterocycles. The van der Waals surface area contributed by atoms with Crippen LogP contribution in [0, 0.1) is 0 Å². The number of hydrogen-bond donors (Lipinski definition) is 1. The molecule has 90 valence electrons. The number of pyridine rings is 1. The van der Waals surface area contributed by atoms with Crippen molar-refractivity contribution in [2.45, 2.75) is 6.42 Å². The first-order valence-electron chi connectivity index (χ1n) is 6.17. The summed E-state index contributed by atoms with van der Waals surface area (Å²) in [6.45, 7) is 5.56. The van der Waals surface area contributed by atoms with E-state index in [1.54, 1.807) is 6.20 Å². The molecule has 1 aliphatic heterocycles. The van der Waals surface area contributed by atoms with Gasteiger partial charge >= 0.3 is 0 Å². The van der Waals surface area contributed by atoms with Crippen LogP contribution in [0.25, 0.3) is 11.0 Å². The second kappa shape index (κ2) is 4.85. The molecule has 0 aromatic carbocycles. The molecule has 4 heteroatoms. The molecule has 17 heavy (non-hydrogen) atoms. The first kappa shape index (κ1) is 10.7. The Balaban J connectivity index is 1.64. The summed E-state index contributed by atoms with van der Waals surface area (Å²) in [5.74, 6) is 1.06. The minimum absolute atomic E-state index is 0.940. The molecule has 0 spiro atoms. The molecular formula is C13H17N3O. The SMILES string of the molecule is c1cc2oc(CCN3CCNCC3)cc2cn1. The van der Waals surface area contributed by atoms with Crippen molar-refractivity contribution in [2.24, 2.45) is 0 Å². The third kappa shape index (κ3) is 2.48. The van der Waals surface area contributed by atoms with Crippen LogP contribution in [0.1, 0.15) is 5.76 Å². The van der Waals surface area contributed by atoms with Gasteiger partial charge in [0.05, 0.1) is 0 Å². The molecule has 4 nitrogen and oxygen atoms in total. The molecule has 3 heterocycles. The van der Waals surface area contributed by atoms with Gasteiger partial charge in [-0.3, -0.25) is 4.98 Å². The Morgan fingerprint density at radius 2 is 2.24 bits per heavy atom. The van der Waals surface area contributed by atoms with Gasteiger partial charge in [0.25, 0.3) is 0 Å². The summed E-state index contributed by atoms with van der Waals surface area (Å²) >= 11 is 0. The second-order valence-electron chi connectivity index (χ2n) is 4.47. The van der Waals surface area contributed by atoms with Crippen molar-refractivity contribution in [1.82, 2.24) is 15.2 Å². The van der Waals surface area contributed by atoms with Crippen molar-refractivity contribution < 1.29 is 4.42 Å². The van der Waals surface area contributed by atoms with E-state index >= 15 is 0 Å². The molecule has 1 aliphatic rings. The smallest absolute Gasteiger partial charge is 0.137 e. The fraction of sp³-hybridized carbons (Fsp3) is 0.462. The molecule has 2 aromatic rings. The van der Waals surface area contributed by atoms with Crippen LogP contribution in [0.4, 0.5) is 0 Å². The average molecular weight is 231 g/mol. The number of fused-ring (bicyclic) bond motifs is 1. The van der Waals surface area contributed by atoms with Crippen LogP contribution in [0.3, 0.4) is 0 Å². The number of furan rings is 1. The van der Waals surface area contributed by atoms with Gasteiger partial charge < -0.3 is 14.6 Å². The van der Waals surface area contributed by atoms with Gasteiger partial charge in [-0.25, -0.2) is 0 Å². The van der Waals surface area contributed by atoms with Crippen molar-refractivity contribution in [3.63, 3.8) is 0 Å². The van der Waals surface area contributed by atoms with Crippen LogP contribution in [0.2, 0.25) is 0 Å². The molecule has 0 atom stereocenters. The fourth-order valence-corrected chi connectivity index (χ4v) is 2.27. The van der Waals surface area contributed by atoms with E-state index in [4.69, 9.17) is 4.42 Å². The van der Waals surface area contributed by atoms with Crippen molar-refractivity contribution in [3.8, 4) is 0 Å². The maximum absolute atomic E-state index is 5.78. The van der Waals surface area contributed by atoms with E-state index in [2.05, 4.69) is 21.3 Å². The van der Waals surface area contributed by atoms with Crippen molar-refractivity contribution in [3.05, 3.63) is 30.3 Å². The number of rotatable bonds is 3. The Labute approximate surface area is 101 Å². The third-order valence-corrected chi connectivity index (χ3v) is 3.25. The maximum atomic E-state index is 5.78. The summed E-state index contributed by atoms with van der Waals surface area (Å²) in [7, 11) is 0. The molecule has 1 fully saturated rings. The number of nitrogens with zero attached hydrogens (tertiary/aromatic N) is 2. The summed E-state index contributed by atoms with van der Waals surface area (Å²) in [6, 6.07) is 4.02. The quantitative estimate of drug-likeness (QED) is 0.864. The first-order chi connectivity index (χ1) is 8.42. The van der Waals surface area contributed by atoms with E-state index < -0.39 is 0 Å². The summed E-state index contributed by atoms with van der Waals surface area (Å²) in [6.07, 6.45) is 4.60. The molecule has 0 saturated carbocycles. The van der Waals surface area contributed by atoms with Crippen LogP contribution >= 0.6 is 0 Å². The van der Waals surface area contributed by atoms with Crippen molar-refractivity contribution in [2.75, 3.05) is 32.7 Å². The topological polar surface area (TPSA) is 41.3 Å². The third-order valence-electron chi connectivity index (χ3n) is 3.25. The lowest BCUT2D eigenvalue weighted by atomic mass is 10.2. The van der Waals surface area contributed by atoms with Crippen LogP contribution in [-0.2, 0) is 6.42 Å². The lowest BCUT2D eigenvalue weighted by Crippen LogP contribution is -2.44. The van der Waals surface area contributed by atoms with Gasteiger partial charge in [0, 0.05) is 56.9 Å². The predicted molar refractivity (Wildman–Crippen MR) is 67.0 cm³/mol. The highest BCUT2D eigenvalue weighted by atomic mass is 16.3. The van der Waals surface area contributed by atoms with Crippen LogP contribution < -0.4 is 5.32 Å². The van der Waals surface area contributed by atoms with Crippen LogP contribution in [0.15, 0.2) is 28.9 Å². The molecule has 0 amide bonds. The zero-order valence-electron chi connectivity index (χ0n) is 9.85. The van der Waals surface area contributed by atoms with Gasteiger partial charge in [-0.05, 0) is 12.1 Å². The minimum atomic E-state index is 0.940. The van der Waals surface area contributed by atoms with Gasteiger partial charge in [-0.1, -0.05) is 0 Å². The Morgan fingerprint density at radius 1 is 1.35 bits per heavy atom. The first-order valence-corrected chi connectivity index (χ1v) is 6.17. The zero-order chi connectivity index (χ0) is 11.5. The monoisotopic (exact) mass is 231 g/mol. The highest BCUT2D eigenvalue weighted by Crippen LogP contribution is 2.18. The minimum Gasteiger partial charge on any atom is -0.461 e. The number of nitrogens with one attached hydrogen (secondary N) is 1. The van der Waals surface area contributed by atoms with Gasteiger partial charge in [-0.15, -0.1) is 0 Å². The van der Waals surface area contributed by atoms with Crippen LogP contribution in [-0.4, -0.2) is 42.6 Å². The van der Waals surface area contributed by atoms with Gasteiger partial charge in [-0.2, -0.15) is 0 Å². The number of hydrogen-bond acceptors (Lipinski definition) is 4. The Bertz CT molecular complexity index is 455. The number of piperazine rings is 1. The summed E-state index contributed by atoms with van der Waals surface area (Å²) in [4.78, 5) is 6.57. The largest absolute Gasteiger partial charge is 0.461 e. The van der Waals surface area contributed by atoms with E-state index in [0.29, 0.717) is 0 Å². The second-order valence-corrected chi connectivity index (χ2v) is 4.47. The fourth-order valence-electron chi connectivity index (χ4n) is 2.27. The lowest BCUT2D eigenvalue weighted by Gasteiger charge is -2.26. The van der Waals surface area contributed by atoms with E-state index in [0.717, 1.165) is 55.9 Å². The summed E-state index contributed by atoms with van der Waals surface area (Å²) in [5, 5.41) is 4.46. The van der Waals surface area contributed by atoms with E-state index in [9.17, 15) is 0 Å². The van der Waals surface area contributed by atoms with Gasteiger partial charge in [0.2, 0.25) is 0 Å². The standard InChI is InChI=1S/C13H17N3O/c1-3-15-10-11-9-12(17-13(1)11)2-6-16-7-4-14-5-8-16/h1,3,9-10,14H,2,4-8H2. The van der Waals surface area contributed by atoms with E-state index in [1.807, 2.05) is 12.3 Å². The molecular weight excluding hydrogens is 214 g/mol. The molecule has 0 bridgehead atoms. The Kier molecular flexibility index (Phi) is 3.07.